The van der Waals surface area contributed by atoms with Crippen LogP contribution in [0.2, 0.25) is 0 Å². The lowest BCUT2D eigenvalue weighted by molar-refractivity contribution is -0.114. The number of nitrogens with one attached hydrogen (secondary N) is 3. The van der Waals surface area contributed by atoms with Crippen LogP contribution in [-0.4, -0.2) is 48.4 Å². The van der Waals surface area contributed by atoms with Crippen LogP contribution < -0.4 is 16.0 Å². The van der Waals surface area contributed by atoms with Gasteiger partial charge in [0.15, 0.2) is 0 Å². The summed E-state index contributed by atoms with van der Waals surface area (Å²) in [6.07, 6.45) is 2.37. The summed E-state index contributed by atoms with van der Waals surface area (Å²) in [6, 6.07) is 6.89. The molecule has 1 aliphatic heterocycles. The zero-order valence-electron chi connectivity index (χ0n) is 14.8. The molecular weight excluding hydrogens is 320 g/mol. The molecule has 7 nitrogen and oxygen atoms in total. The van der Waals surface area contributed by atoms with E-state index in [1.807, 2.05) is 6.92 Å². The van der Waals surface area contributed by atoms with Gasteiger partial charge in [-0.1, -0.05) is 13.0 Å². The predicted molar refractivity (Wildman–Crippen MR) is 96.5 cm³/mol. The Balaban J connectivity index is 1.87. The van der Waals surface area contributed by atoms with Gasteiger partial charge in [-0.2, -0.15) is 0 Å². The maximum Gasteiger partial charge on any atom is 0.315 e. The number of anilines is 1. The molecule has 1 aromatic carbocycles. The SMILES string of the molecule is CCCNC(=O)NC1CCN(C(=O)c2cccc(NC(C)=O)c2)CC1. The number of piperidine rings is 1. The molecule has 1 heterocycles. The first-order valence-electron chi connectivity index (χ1n) is 8.71. The van der Waals surface area contributed by atoms with Gasteiger partial charge in [-0.3, -0.25) is 9.59 Å². The van der Waals surface area contributed by atoms with E-state index in [9.17, 15) is 14.4 Å². The molecule has 0 atom stereocenters. The van der Waals surface area contributed by atoms with Crippen molar-refractivity contribution in [3.05, 3.63) is 29.8 Å². The largest absolute Gasteiger partial charge is 0.338 e. The Kier molecular flexibility index (Phi) is 6.80. The topological polar surface area (TPSA) is 90.5 Å². The maximum atomic E-state index is 12.6. The summed E-state index contributed by atoms with van der Waals surface area (Å²) >= 11 is 0. The zero-order valence-corrected chi connectivity index (χ0v) is 14.8. The molecule has 0 spiro atoms. The summed E-state index contributed by atoms with van der Waals surface area (Å²) in [5, 5.41) is 8.43. The van der Waals surface area contributed by atoms with Gasteiger partial charge in [0.1, 0.15) is 0 Å². The summed E-state index contributed by atoms with van der Waals surface area (Å²) in [5.74, 6) is -0.223. The monoisotopic (exact) mass is 346 g/mol. The number of likely N-dealkylation sites (tertiary alicyclic amines) is 1. The number of carbonyl (C=O) groups excluding carboxylic acids is 3. The van der Waals surface area contributed by atoms with E-state index in [1.165, 1.54) is 6.92 Å². The van der Waals surface area contributed by atoms with Crippen molar-refractivity contribution in [1.82, 2.24) is 15.5 Å². The van der Waals surface area contributed by atoms with Crippen molar-refractivity contribution in [2.75, 3.05) is 25.0 Å². The average molecular weight is 346 g/mol. The third-order valence-corrected chi connectivity index (χ3v) is 4.08. The van der Waals surface area contributed by atoms with E-state index >= 15 is 0 Å². The van der Waals surface area contributed by atoms with Crippen molar-refractivity contribution >= 4 is 23.5 Å². The fourth-order valence-electron chi connectivity index (χ4n) is 2.82. The van der Waals surface area contributed by atoms with Crippen molar-refractivity contribution in [2.24, 2.45) is 0 Å². The van der Waals surface area contributed by atoms with Crippen molar-refractivity contribution in [1.29, 1.82) is 0 Å². The van der Waals surface area contributed by atoms with Crippen LogP contribution in [-0.2, 0) is 4.79 Å². The summed E-state index contributed by atoms with van der Waals surface area (Å²) in [6.45, 7) is 5.30. The number of rotatable bonds is 5. The number of benzene rings is 1. The van der Waals surface area contributed by atoms with Crippen LogP contribution in [0.25, 0.3) is 0 Å². The Hall–Kier alpha value is -2.57. The number of carbonyl (C=O) groups is 3. The molecule has 7 heteroatoms. The van der Waals surface area contributed by atoms with E-state index in [0.29, 0.717) is 30.9 Å². The molecule has 0 aliphatic carbocycles. The van der Waals surface area contributed by atoms with Gasteiger partial charge in [0.05, 0.1) is 0 Å². The molecule has 0 saturated carbocycles. The second-order valence-electron chi connectivity index (χ2n) is 6.23. The van der Waals surface area contributed by atoms with Crippen LogP contribution in [0.15, 0.2) is 24.3 Å². The molecule has 0 unspecified atom stereocenters. The molecule has 3 N–H and O–H groups in total. The minimum Gasteiger partial charge on any atom is -0.338 e. The Morgan fingerprint density at radius 1 is 1.20 bits per heavy atom. The highest BCUT2D eigenvalue weighted by Gasteiger charge is 2.24. The first-order chi connectivity index (χ1) is 12.0. The van der Waals surface area contributed by atoms with Gasteiger partial charge in [-0.15, -0.1) is 0 Å². The van der Waals surface area contributed by atoms with E-state index in [-0.39, 0.29) is 23.9 Å². The number of urea groups is 1. The molecular formula is C18H26N4O3. The van der Waals surface area contributed by atoms with Crippen LogP contribution in [0.4, 0.5) is 10.5 Å². The molecule has 4 amide bonds. The van der Waals surface area contributed by atoms with Crippen LogP contribution in [0.3, 0.4) is 0 Å². The van der Waals surface area contributed by atoms with Gasteiger partial charge >= 0.3 is 6.03 Å². The standard InChI is InChI=1S/C18H26N4O3/c1-3-9-19-18(25)21-15-7-10-22(11-8-15)17(24)14-5-4-6-16(12-14)20-13(2)23/h4-6,12,15H,3,7-11H2,1-2H3,(H,20,23)(H2,19,21,25). The second kappa shape index (κ2) is 9.05. The highest BCUT2D eigenvalue weighted by Crippen LogP contribution is 2.17. The van der Waals surface area contributed by atoms with Crippen LogP contribution in [0, 0.1) is 0 Å². The van der Waals surface area contributed by atoms with Crippen LogP contribution in [0.1, 0.15) is 43.5 Å². The Labute approximate surface area is 148 Å². The number of amides is 4. The van der Waals surface area contributed by atoms with E-state index in [0.717, 1.165) is 19.3 Å². The number of hydrogen-bond donors (Lipinski definition) is 3. The van der Waals surface area contributed by atoms with Crippen molar-refractivity contribution in [3.8, 4) is 0 Å². The molecule has 0 bridgehead atoms. The molecule has 1 aliphatic rings. The molecule has 1 fully saturated rings. The maximum absolute atomic E-state index is 12.6. The lowest BCUT2D eigenvalue weighted by Gasteiger charge is -2.32. The minimum atomic E-state index is -0.169. The quantitative estimate of drug-likeness (QED) is 0.761. The molecule has 1 saturated heterocycles. The lowest BCUT2D eigenvalue weighted by atomic mass is 10.0. The number of nitrogens with zero attached hydrogens (tertiary/aromatic N) is 1. The molecule has 25 heavy (non-hydrogen) atoms. The van der Waals surface area contributed by atoms with Crippen LogP contribution in [0.5, 0.6) is 0 Å². The van der Waals surface area contributed by atoms with Crippen molar-refractivity contribution < 1.29 is 14.4 Å². The van der Waals surface area contributed by atoms with Gasteiger partial charge < -0.3 is 20.9 Å². The first-order valence-corrected chi connectivity index (χ1v) is 8.71. The minimum absolute atomic E-state index is 0.0545. The molecule has 2 rings (SSSR count). The predicted octanol–water partition coefficient (Wildman–Crippen LogP) is 1.96. The average Bonchev–Trinajstić information content (AvgIpc) is 2.59. The lowest BCUT2D eigenvalue weighted by Crippen LogP contribution is -2.49. The van der Waals surface area contributed by atoms with Gasteiger partial charge in [-0.05, 0) is 37.5 Å². The Morgan fingerprint density at radius 2 is 1.92 bits per heavy atom. The molecule has 136 valence electrons. The smallest absolute Gasteiger partial charge is 0.315 e. The van der Waals surface area contributed by atoms with Gasteiger partial charge in [-0.25, -0.2) is 4.79 Å². The van der Waals surface area contributed by atoms with Crippen molar-refractivity contribution in [2.45, 2.75) is 39.2 Å². The molecule has 0 aromatic heterocycles. The van der Waals surface area contributed by atoms with Gasteiger partial charge in [0.25, 0.3) is 5.91 Å². The second-order valence-corrected chi connectivity index (χ2v) is 6.23. The van der Waals surface area contributed by atoms with Crippen LogP contribution >= 0.6 is 0 Å². The van der Waals surface area contributed by atoms with E-state index in [2.05, 4.69) is 16.0 Å². The number of hydrogen-bond acceptors (Lipinski definition) is 3. The zero-order chi connectivity index (χ0) is 18.2. The Bertz CT molecular complexity index is 625. The van der Waals surface area contributed by atoms with Gasteiger partial charge in [0.2, 0.25) is 5.91 Å². The molecule has 0 radical (unpaired) electrons. The van der Waals surface area contributed by atoms with E-state index in [4.69, 9.17) is 0 Å². The summed E-state index contributed by atoms with van der Waals surface area (Å²) in [5.41, 5.74) is 1.17. The van der Waals surface area contributed by atoms with Crippen molar-refractivity contribution in [3.63, 3.8) is 0 Å². The Morgan fingerprint density at radius 3 is 2.56 bits per heavy atom. The highest BCUT2D eigenvalue weighted by molar-refractivity contribution is 5.96. The summed E-state index contributed by atoms with van der Waals surface area (Å²) in [4.78, 5) is 37.2. The van der Waals surface area contributed by atoms with E-state index < -0.39 is 0 Å². The van der Waals surface area contributed by atoms with Gasteiger partial charge in [0, 0.05) is 43.9 Å². The third kappa shape index (κ3) is 5.77. The first kappa shape index (κ1) is 18.8. The molecule has 1 aromatic rings. The summed E-state index contributed by atoms with van der Waals surface area (Å²) < 4.78 is 0. The fourth-order valence-corrected chi connectivity index (χ4v) is 2.82. The fraction of sp³-hybridized carbons (Fsp3) is 0.500. The third-order valence-electron chi connectivity index (χ3n) is 4.08. The highest BCUT2D eigenvalue weighted by atomic mass is 16.2. The summed E-state index contributed by atoms with van der Waals surface area (Å²) in [7, 11) is 0. The van der Waals surface area contributed by atoms with E-state index in [1.54, 1.807) is 29.2 Å². The normalized spacial score (nSPS) is 14.7.